The molecule has 2 aromatic heterocycles. The quantitative estimate of drug-likeness (QED) is 0.762. The van der Waals surface area contributed by atoms with Crippen LogP contribution in [-0.4, -0.2) is 9.78 Å². The molecule has 0 fully saturated rings. The van der Waals surface area contributed by atoms with Crippen molar-refractivity contribution < 1.29 is 4.42 Å². The Kier molecular flexibility index (Phi) is 2.63. The molecule has 0 saturated carbocycles. The molecule has 19 heavy (non-hydrogen) atoms. The minimum absolute atomic E-state index is 0.612. The van der Waals surface area contributed by atoms with Crippen LogP contribution in [0.3, 0.4) is 0 Å². The van der Waals surface area contributed by atoms with Crippen LogP contribution in [0.5, 0.6) is 0 Å². The fourth-order valence-corrected chi connectivity index (χ4v) is 2.14. The van der Waals surface area contributed by atoms with Gasteiger partial charge in [-0.15, -0.1) is 0 Å². The van der Waals surface area contributed by atoms with E-state index in [9.17, 15) is 0 Å². The number of nitrogens with zero attached hydrogens (tertiary/aromatic N) is 2. The van der Waals surface area contributed by atoms with Gasteiger partial charge in [-0.1, -0.05) is 12.1 Å². The topological polar surface area (TPSA) is 57.0 Å². The predicted octanol–water partition coefficient (Wildman–Crippen LogP) is 3.33. The third-order valence-electron chi connectivity index (χ3n) is 3.12. The second-order valence-electron chi connectivity index (χ2n) is 4.60. The van der Waals surface area contributed by atoms with Crippen molar-refractivity contribution in [1.82, 2.24) is 9.78 Å². The number of aryl methyl sites for hydroxylation is 2. The van der Waals surface area contributed by atoms with Crippen molar-refractivity contribution >= 4 is 5.82 Å². The molecule has 2 N–H and O–H groups in total. The molecule has 1 aromatic carbocycles. The molecular weight excluding hydrogens is 238 g/mol. The van der Waals surface area contributed by atoms with Crippen LogP contribution in [0.4, 0.5) is 5.82 Å². The van der Waals surface area contributed by atoms with Crippen molar-refractivity contribution in [1.29, 1.82) is 0 Å². The summed E-state index contributed by atoms with van der Waals surface area (Å²) in [6, 6.07) is 11.8. The molecule has 4 heteroatoms. The number of rotatable bonds is 2. The monoisotopic (exact) mass is 253 g/mol. The number of nitrogen functional groups attached to an aromatic ring is 1. The lowest BCUT2D eigenvalue weighted by molar-refractivity contribution is 0.535. The zero-order valence-corrected chi connectivity index (χ0v) is 10.9. The number of hydrogen-bond acceptors (Lipinski definition) is 3. The second-order valence-corrected chi connectivity index (χ2v) is 4.60. The molecule has 3 aromatic rings. The van der Waals surface area contributed by atoms with Crippen molar-refractivity contribution in [3.05, 3.63) is 54.0 Å². The Labute approximate surface area is 111 Å². The summed E-state index contributed by atoms with van der Waals surface area (Å²) in [5.74, 6) is 1.45. The Morgan fingerprint density at radius 2 is 2.00 bits per heavy atom. The van der Waals surface area contributed by atoms with E-state index in [1.165, 1.54) is 5.56 Å². The van der Waals surface area contributed by atoms with Gasteiger partial charge in [0.05, 0.1) is 17.6 Å². The standard InChI is InChI=1S/C15H15N3O/c1-10-4-3-5-12(8-10)18-15(16)9-14(17-18)13-6-7-19-11(13)2/h3-9H,16H2,1-2H3. The lowest BCUT2D eigenvalue weighted by atomic mass is 10.2. The molecule has 0 amide bonds. The van der Waals surface area contributed by atoms with Crippen LogP contribution in [0.15, 0.2) is 47.1 Å². The summed E-state index contributed by atoms with van der Waals surface area (Å²) in [6.07, 6.45) is 1.66. The van der Waals surface area contributed by atoms with E-state index >= 15 is 0 Å². The summed E-state index contributed by atoms with van der Waals surface area (Å²) >= 11 is 0. The van der Waals surface area contributed by atoms with Crippen molar-refractivity contribution in [3.63, 3.8) is 0 Å². The Morgan fingerprint density at radius 1 is 1.16 bits per heavy atom. The molecule has 3 rings (SSSR count). The van der Waals surface area contributed by atoms with Gasteiger partial charge in [-0.05, 0) is 37.6 Å². The van der Waals surface area contributed by atoms with Gasteiger partial charge in [-0.2, -0.15) is 5.10 Å². The van der Waals surface area contributed by atoms with Crippen molar-refractivity contribution in [2.45, 2.75) is 13.8 Å². The Bertz CT molecular complexity index is 725. The molecule has 96 valence electrons. The van der Waals surface area contributed by atoms with Gasteiger partial charge in [0.2, 0.25) is 0 Å². The van der Waals surface area contributed by atoms with E-state index in [4.69, 9.17) is 10.2 Å². The van der Waals surface area contributed by atoms with E-state index in [0.717, 1.165) is 22.7 Å². The molecule has 0 aliphatic rings. The Hall–Kier alpha value is -2.49. The fraction of sp³-hybridized carbons (Fsp3) is 0.133. The maximum Gasteiger partial charge on any atom is 0.127 e. The van der Waals surface area contributed by atoms with Crippen molar-refractivity contribution in [2.75, 3.05) is 5.73 Å². The van der Waals surface area contributed by atoms with Gasteiger partial charge in [-0.3, -0.25) is 0 Å². The van der Waals surface area contributed by atoms with Crippen LogP contribution < -0.4 is 5.73 Å². The molecule has 0 atom stereocenters. The van der Waals surface area contributed by atoms with Gasteiger partial charge < -0.3 is 10.2 Å². The number of anilines is 1. The van der Waals surface area contributed by atoms with Gasteiger partial charge in [0.15, 0.2) is 0 Å². The Balaban J connectivity index is 2.10. The summed E-state index contributed by atoms with van der Waals surface area (Å²) in [5.41, 5.74) is 9.98. The molecule has 0 aliphatic heterocycles. The molecule has 0 bridgehead atoms. The molecule has 0 radical (unpaired) electrons. The van der Waals surface area contributed by atoms with Crippen molar-refractivity contribution in [3.8, 4) is 16.9 Å². The average Bonchev–Trinajstić information content (AvgIpc) is 2.95. The highest BCUT2D eigenvalue weighted by atomic mass is 16.3. The molecule has 0 spiro atoms. The first-order chi connectivity index (χ1) is 9.15. The number of aromatic nitrogens is 2. The molecule has 0 aliphatic carbocycles. The van der Waals surface area contributed by atoms with Crippen LogP contribution in [-0.2, 0) is 0 Å². The largest absolute Gasteiger partial charge is 0.469 e. The molecule has 0 unspecified atom stereocenters. The van der Waals surface area contributed by atoms with Gasteiger partial charge in [0.25, 0.3) is 0 Å². The summed E-state index contributed by atoms with van der Waals surface area (Å²) in [7, 11) is 0. The van der Waals surface area contributed by atoms with Crippen LogP contribution >= 0.6 is 0 Å². The number of furan rings is 1. The minimum atomic E-state index is 0.612. The zero-order valence-electron chi connectivity index (χ0n) is 10.9. The first kappa shape index (κ1) is 11.6. The SMILES string of the molecule is Cc1cccc(-n2nc(-c3ccoc3C)cc2N)c1. The molecule has 2 heterocycles. The molecular formula is C15H15N3O. The Morgan fingerprint density at radius 3 is 2.68 bits per heavy atom. The average molecular weight is 253 g/mol. The van der Waals surface area contributed by atoms with Crippen molar-refractivity contribution in [2.24, 2.45) is 0 Å². The van der Waals surface area contributed by atoms with E-state index in [1.807, 2.05) is 44.2 Å². The fourth-order valence-electron chi connectivity index (χ4n) is 2.14. The van der Waals surface area contributed by atoms with Gasteiger partial charge >= 0.3 is 0 Å². The lowest BCUT2D eigenvalue weighted by Crippen LogP contribution is -2.01. The van der Waals surface area contributed by atoms with Gasteiger partial charge in [-0.25, -0.2) is 4.68 Å². The highest BCUT2D eigenvalue weighted by Crippen LogP contribution is 2.26. The molecule has 4 nitrogen and oxygen atoms in total. The first-order valence-corrected chi connectivity index (χ1v) is 6.12. The van der Waals surface area contributed by atoms with Crippen LogP contribution in [0.25, 0.3) is 16.9 Å². The number of benzene rings is 1. The third kappa shape index (κ3) is 2.01. The van der Waals surface area contributed by atoms with E-state index in [2.05, 4.69) is 11.2 Å². The third-order valence-corrected chi connectivity index (χ3v) is 3.12. The van der Waals surface area contributed by atoms with Gasteiger partial charge in [0, 0.05) is 11.6 Å². The summed E-state index contributed by atoms with van der Waals surface area (Å²) < 4.78 is 7.05. The van der Waals surface area contributed by atoms with Crippen LogP contribution in [0.2, 0.25) is 0 Å². The van der Waals surface area contributed by atoms with E-state index in [1.54, 1.807) is 10.9 Å². The number of nitrogens with two attached hydrogens (primary N) is 1. The lowest BCUT2D eigenvalue weighted by Gasteiger charge is -2.04. The van der Waals surface area contributed by atoms with E-state index < -0.39 is 0 Å². The normalized spacial score (nSPS) is 10.8. The smallest absolute Gasteiger partial charge is 0.127 e. The minimum Gasteiger partial charge on any atom is -0.469 e. The van der Waals surface area contributed by atoms with E-state index in [-0.39, 0.29) is 0 Å². The van der Waals surface area contributed by atoms with E-state index in [0.29, 0.717) is 5.82 Å². The second kappa shape index (κ2) is 4.31. The highest BCUT2D eigenvalue weighted by molar-refractivity contribution is 5.65. The molecule has 0 saturated heterocycles. The number of hydrogen-bond donors (Lipinski definition) is 1. The zero-order chi connectivity index (χ0) is 13.4. The first-order valence-electron chi connectivity index (χ1n) is 6.12. The summed E-state index contributed by atoms with van der Waals surface area (Å²) in [4.78, 5) is 0. The maximum atomic E-state index is 6.05. The van der Waals surface area contributed by atoms with Crippen LogP contribution in [0.1, 0.15) is 11.3 Å². The highest BCUT2D eigenvalue weighted by Gasteiger charge is 2.12. The van der Waals surface area contributed by atoms with Gasteiger partial charge in [0.1, 0.15) is 11.6 Å². The summed E-state index contributed by atoms with van der Waals surface area (Å²) in [6.45, 7) is 3.96. The van der Waals surface area contributed by atoms with Crippen LogP contribution in [0, 0.1) is 13.8 Å². The predicted molar refractivity (Wildman–Crippen MR) is 75.2 cm³/mol. The summed E-state index contributed by atoms with van der Waals surface area (Å²) in [5, 5.41) is 4.56. The maximum absolute atomic E-state index is 6.05.